The lowest BCUT2D eigenvalue weighted by Crippen LogP contribution is -2.39. The molecular weight excluding hydrogens is 236 g/mol. The summed E-state index contributed by atoms with van der Waals surface area (Å²) in [6.07, 6.45) is 7.31. The van der Waals surface area contributed by atoms with E-state index in [-0.39, 0.29) is 0 Å². The summed E-state index contributed by atoms with van der Waals surface area (Å²) >= 11 is 0. The number of piperidine rings is 1. The van der Waals surface area contributed by atoms with E-state index in [9.17, 15) is 0 Å². The minimum atomic E-state index is 0.803. The fraction of sp³-hybridized carbons (Fsp3) is 0.733. The number of hydrogen-bond donors (Lipinski definition) is 1. The van der Waals surface area contributed by atoms with Crippen molar-refractivity contribution in [1.82, 2.24) is 20.2 Å². The van der Waals surface area contributed by atoms with Crippen LogP contribution >= 0.6 is 0 Å². The molecule has 1 aromatic heterocycles. The van der Waals surface area contributed by atoms with Gasteiger partial charge in [-0.3, -0.25) is 4.90 Å². The summed E-state index contributed by atoms with van der Waals surface area (Å²) < 4.78 is 0. The maximum atomic E-state index is 4.55. The third kappa shape index (κ3) is 3.74. The highest BCUT2D eigenvalue weighted by atomic mass is 15.2. The molecule has 3 rings (SSSR count). The SMILES string of the molecule is Cc1nccc(CN(CC2CCCNC2)C2CC2)n1. The van der Waals surface area contributed by atoms with Crippen LogP contribution < -0.4 is 5.32 Å². The zero-order valence-electron chi connectivity index (χ0n) is 11.8. The Hall–Kier alpha value is -1.00. The first-order chi connectivity index (χ1) is 9.31. The minimum Gasteiger partial charge on any atom is -0.316 e. The second-order valence-electron chi connectivity index (χ2n) is 5.97. The van der Waals surface area contributed by atoms with E-state index < -0.39 is 0 Å². The lowest BCUT2D eigenvalue weighted by atomic mass is 9.99. The fourth-order valence-electron chi connectivity index (χ4n) is 3.00. The topological polar surface area (TPSA) is 41.1 Å². The molecule has 1 atom stereocenters. The summed E-state index contributed by atoms with van der Waals surface area (Å²) in [5.41, 5.74) is 1.17. The molecule has 4 heteroatoms. The van der Waals surface area contributed by atoms with Crippen LogP contribution in [0.15, 0.2) is 12.3 Å². The summed E-state index contributed by atoms with van der Waals surface area (Å²) in [5, 5.41) is 3.52. The van der Waals surface area contributed by atoms with Crippen molar-refractivity contribution in [3.63, 3.8) is 0 Å². The molecule has 1 saturated heterocycles. The first kappa shape index (κ1) is 13.0. The smallest absolute Gasteiger partial charge is 0.125 e. The van der Waals surface area contributed by atoms with Crippen molar-refractivity contribution in [2.75, 3.05) is 19.6 Å². The van der Waals surface area contributed by atoms with E-state index in [1.54, 1.807) is 0 Å². The number of nitrogens with one attached hydrogen (secondary N) is 1. The van der Waals surface area contributed by atoms with E-state index >= 15 is 0 Å². The van der Waals surface area contributed by atoms with Gasteiger partial charge < -0.3 is 5.32 Å². The highest BCUT2D eigenvalue weighted by Gasteiger charge is 2.31. The molecular formula is C15H24N4. The molecule has 4 nitrogen and oxygen atoms in total. The summed E-state index contributed by atoms with van der Waals surface area (Å²) in [6, 6.07) is 2.86. The van der Waals surface area contributed by atoms with E-state index in [0.29, 0.717) is 0 Å². The Kier molecular flexibility index (Phi) is 4.09. The Labute approximate surface area is 115 Å². The van der Waals surface area contributed by atoms with Crippen molar-refractivity contribution in [1.29, 1.82) is 0 Å². The third-order valence-corrected chi connectivity index (χ3v) is 4.15. The molecule has 2 heterocycles. The number of aromatic nitrogens is 2. The molecule has 104 valence electrons. The number of aryl methyl sites for hydroxylation is 1. The third-order valence-electron chi connectivity index (χ3n) is 4.15. The summed E-state index contributed by atoms with van der Waals surface area (Å²) in [4.78, 5) is 11.4. The molecule has 1 aliphatic carbocycles. The van der Waals surface area contributed by atoms with Crippen LogP contribution in [0.25, 0.3) is 0 Å². The molecule has 19 heavy (non-hydrogen) atoms. The van der Waals surface area contributed by atoms with Crippen LogP contribution in [0.4, 0.5) is 0 Å². The molecule has 2 fully saturated rings. The standard InChI is InChI=1S/C15H24N4/c1-12-17-8-6-14(18-12)11-19(15-4-5-15)10-13-3-2-7-16-9-13/h6,8,13,15-16H,2-5,7,9-11H2,1H3. The fourth-order valence-corrected chi connectivity index (χ4v) is 3.00. The van der Waals surface area contributed by atoms with Crippen LogP contribution in [0.5, 0.6) is 0 Å². The monoisotopic (exact) mass is 260 g/mol. The number of hydrogen-bond acceptors (Lipinski definition) is 4. The maximum absolute atomic E-state index is 4.55. The Morgan fingerprint density at radius 1 is 1.37 bits per heavy atom. The predicted molar refractivity (Wildman–Crippen MR) is 75.8 cm³/mol. The molecule has 2 aliphatic rings. The van der Waals surface area contributed by atoms with Gasteiger partial charge in [-0.15, -0.1) is 0 Å². The van der Waals surface area contributed by atoms with Crippen LogP contribution in [0, 0.1) is 12.8 Å². The molecule has 1 saturated carbocycles. The summed E-state index contributed by atoms with van der Waals surface area (Å²) in [6.45, 7) is 6.57. The second kappa shape index (κ2) is 5.97. The Bertz CT molecular complexity index is 410. The molecule has 1 unspecified atom stereocenters. The zero-order valence-corrected chi connectivity index (χ0v) is 11.8. The molecule has 1 N–H and O–H groups in total. The number of rotatable bonds is 5. The van der Waals surface area contributed by atoms with Crippen LogP contribution in [-0.2, 0) is 6.54 Å². The number of nitrogens with zero attached hydrogens (tertiary/aromatic N) is 3. The van der Waals surface area contributed by atoms with Crippen molar-refractivity contribution < 1.29 is 0 Å². The van der Waals surface area contributed by atoms with Crippen molar-refractivity contribution in [2.45, 2.75) is 45.2 Å². The van der Waals surface area contributed by atoms with Crippen LogP contribution in [0.3, 0.4) is 0 Å². The quantitative estimate of drug-likeness (QED) is 0.875. The average Bonchev–Trinajstić information content (AvgIpc) is 3.23. The van der Waals surface area contributed by atoms with Gasteiger partial charge in [-0.2, -0.15) is 0 Å². The second-order valence-corrected chi connectivity index (χ2v) is 5.97. The Morgan fingerprint density at radius 3 is 2.95 bits per heavy atom. The van der Waals surface area contributed by atoms with Gasteiger partial charge in [0.05, 0.1) is 5.69 Å². The van der Waals surface area contributed by atoms with Gasteiger partial charge in [-0.05, 0) is 57.7 Å². The van der Waals surface area contributed by atoms with Gasteiger partial charge in [0, 0.05) is 25.3 Å². The lowest BCUT2D eigenvalue weighted by molar-refractivity contribution is 0.191. The van der Waals surface area contributed by atoms with Crippen molar-refractivity contribution in [2.24, 2.45) is 5.92 Å². The Balaban J connectivity index is 1.60. The van der Waals surface area contributed by atoms with Gasteiger partial charge in [0.2, 0.25) is 0 Å². The van der Waals surface area contributed by atoms with E-state index in [4.69, 9.17) is 0 Å². The zero-order chi connectivity index (χ0) is 13.1. The maximum Gasteiger partial charge on any atom is 0.125 e. The summed E-state index contributed by atoms with van der Waals surface area (Å²) in [5.74, 6) is 1.70. The van der Waals surface area contributed by atoms with Gasteiger partial charge >= 0.3 is 0 Å². The van der Waals surface area contributed by atoms with E-state index in [1.807, 2.05) is 13.1 Å². The van der Waals surface area contributed by atoms with E-state index in [0.717, 1.165) is 24.3 Å². The van der Waals surface area contributed by atoms with Gasteiger partial charge in [0.15, 0.2) is 0 Å². The molecule has 0 amide bonds. The molecule has 0 spiro atoms. The van der Waals surface area contributed by atoms with Crippen LogP contribution in [0.1, 0.15) is 37.2 Å². The highest BCUT2D eigenvalue weighted by Crippen LogP contribution is 2.29. The van der Waals surface area contributed by atoms with Gasteiger partial charge in [0.25, 0.3) is 0 Å². The minimum absolute atomic E-state index is 0.803. The van der Waals surface area contributed by atoms with Gasteiger partial charge in [-0.1, -0.05) is 0 Å². The largest absolute Gasteiger partial charge is 0.316 e. The molecule has 1 aliphatic heterocycles. The molecule has 0 bridgehead atoms. The Morgan fingerprint density at radius 2 is 2.26 bits per heavy atom. The first-order valence-electron chi connectivity index (χ1n) is 7.54. The highest BCUT2D eigenvalue weighted by molar-refractivity contribution is 5.03. The van der Waals surface area contributed by atoms with Crippen molar-refractivity contribution in [3.8, 4) is 0 Å². The molecule has 0 radical (unpaired) electrons. The molecule has 0 aromatic carbocycles. The van der Waals surface area contributed by atoms with Crippen molar-refractivity contribution >= 4 is 0 Å². The van der Waals surface area contributed by atoms with E-state index in [2.05, 4.69) is 26.3 Å². The lowest BCUT2D eigenvalue weighted by Gasteiger charge is -2.30. The van der Waals surface area contributed by atoms with Crippen LogP contribution in [0.2, 0.25) is 0 Å². The first-order valence-corrected chi connectivity index (χ1v) is 7.54. The normalized spacial score (nSPS) is 23.8. The predicted octanol–water partition coefficient (Wildman–Crippen LogP) is 1.75. The van der Waals surface area contributed by atoms with Gasteiger partial charge in [-0.25, -0.2) is 9.97 Å². The molecule has 1 aromatic rings. The average molecular weight is 260 g/mol. The van der Waals surface area contributed by atoms with Crippen LogP contribution in [-0.4, -0.2) is 40.5 Å². The van der Waals surface area contributed by atoms with Gasteiger partial charge in [0.1, 0.15) is 5.82 Å². The van der Waals surface area contributed by atoms with Crippen molar-refractivity contribution in [3.05, 3.63) is 23.8 Å². The summed E-state index contributed by atoms with van der Waals surface area (Å²) in [7, 11) is 0. The van der Waals surface area contributed by atoms with E-state index in [1.165, 1.54) is 51.0 Å².